The molecule has 1 saturated heterocycles. The smallest absolute Gasteiger partial charge is 0.407 e. The Morgan fingerprint density at radius 1 is 1.15 bits per heavy atom. The van der Waals surface area contributed by atoms with Gasteiger partial charge in [-0.1, -0.05) is 36.4 Å². The molecule has 0 saturated carbocycles. The van der Waals surface area contributed by atoms with E-state index in [-0.39, 0.29) is 18.1 Å². The molecule has 2 aromatic rings. The van der Waals surface area contributed by atoms with E-state index in [4.69, 9.17) is 4.74 Å². The van der Waals surface area contributed by atoms with Crippen LogP contribution in [0, 0.1) is 0 Å². The van der Waals surface area contributed by atoms with Crippen molar-refractivity contribution in [2.45, 2.75) is 44.9 Å². The highest BCUT2D eigenvalue weighted by Crippen LogP contribution is 2.27. The second-order valence-corrected chi connectivity index (χ2v) is 7.79. The largest absolute Gasteiger partial charge is 0.444 e. The Labute approximate surface area is 155 Å². The maximum Gasteiger partial charge on any atom is 0.407 e. The number of pyridine rings is 1. The summed E-state index contributed by atoms with van der Waals surface area (Å²) in [7, 11) is 0. The van der Waals surface area contributed by atoms with Crippen LogP contribution in [0.2, 0.25) is 0 Å². The molecule has 2 atom stereocenters. The van der Waals surface area contributed by atoms with Gasteiger partial charge in [-0.05, 0) is 38.5 Å². The topological polar surface area (TPSA) is 54.5 Å². The summed E-state index contributed by atoms with van der Waals surface area (Å²) in [6, 6.07) is 16.3. The predicted molar refractivity (Wildman–Crippen MR) is 102 cm³/mol. The minimum absolute atomic E-state index is 0.0246. The van der Waals surface area contributed by atoms with E-state index in [1.807, 2.05) is 45.0 Å². The Morgan fingerprint density at radius 2 is 1.88 bits per heavy atom. The molecule has 0 bridgehead atoms. The molecule has 1 aromatic carbocycles. The van der Waals surface area contributed by atoms with Crippen LogP contribution in [-0.2, 0) is 11.3 Å². The number of rotatable bonds is 4. The van der Waals surface area contributed by atoms with E-state index in [1.54, 1.807) is 6.20 Å². The van der Waals surface area contributed by atoms with Crippen molar-refractivity contribution in [1.82, 2.24) is 15.2 Å². The van der Waals surface area contributed by atoms with Crippen LogP contribution in [0.5, 0.6) is 0 Å². The van der Waals surface area contributed by atoms with Crippen LogP contribution in [0.15, 0.2) is 54.7 Å². The lowest BCUT2D eigenvalue weighted by molar-refractivity contribution is 0.0502. The molecule has 0 aliphatic carbocycles. The van der Waals surface area contributed by atoms with Crippen molar-refractivity contribution in [1.29, 1.82) is 0 Å². The first-order valence-electron chi connectivity index (χ1n) is 9.07. The van der Waals surface area contributed by atoms with Gasteiger partial charge >= 0.3 is 6.09 Å². The molecule has 2 heterocycles. The number of benzene rings is 1. The summed E-state index contributed by atoms with van der Waals surface area (Å²) in [4.78, 5) is 19.2. The van der Waals surface area contributed by atoms with Gasteiger partial charge in [-0.2, -0.15) is 0 Å². The summed E-state index contributed by atoms with van der Waals surface area (Å²) in [5.74, 6) is 0.146. The molecule has 26 heavy (non-hydrogen) atoms. The molecule has 1 amide bonds. The van der Waals surface area contributed by atoms with Crippen LogP contribution in [0.25, 0.3) is 0 Å². The average molecular weight is 353 g/mol. The number of hydrogen-bond acceptors (Lipinski definition) is 4. The van der Waals surface area contributed by atoms with E-state index in [1.165, 1.54) is 5.56 Å². The van der Waals surface area contributed by atoms with Crippen molar-refractivity contribution in [2.24, 2.45) is 0 Å². The highest BCUT2D eigenvalue weighted by Gasteiger charge is 2.36. The van der Waals surface area contributed by atoms with E-state index in [0.29, 0.717) is 0 Å². The minimum Gasteiger partial charge on any atom is -0.444 e. The molecule has 0 radical (unpaired) electrons. The minimum atomic E-state index is -0.507. The lowest BCUT2D eigenvalue weighted by atomic mass is 9.99. The standard InChI is InChI=1S/C21H27N3O2/c1-21(2,3)26-20(25)23-19-15-24(13-16-9-5-4-6-10-16)14-17(19)18-11-7-8-12-22-18/h4-12,17,19H,13-15H2,1-3H3,(H,23,25)/t17-,19+/m1/s1. The van der Waals surface area contributed by atoms with Crippen molar-refractivity contribution in [2.75, 3.05) is 13.1 Å². The molecule has 138 valence electrons. The van der Waals surface area contributed by atoms with Crippen LogP contribution in [0.1, 0.15) is 37.9 Å². The quantitative estimate of drug-likeness (QED) is 0.913. The Hall–Kier alpha value is -2.40. The summed E-state index contributed by atoms with van der Waals surface area (Å²) in [5, 5.41) is 3.06. The summed E-state index contributed by atoms with van der Waals surface area (Å²) in [6.45, 7) is 8.11. The van der Waals surface area contributed by atoms with Crippen molar-refractivity contribution in [3.8, 4) is 0 Å². The number of hydrogen-bond donors (Lipinski definition) is 1. The Morgan fingerprint density at radius 3 is 2.54 bits per heavy atom. The third-order valence-electron chi connectivity index (χ3n) is 4.41. The normalized spacial score (nSPS) is 20.7. The molecule has 3 rings (SSSR count). The second kappa shape index (κ2) is 7.87. The zero-order valence-electron chi connectivity index (χ0n) is 15.7. The second-order valence-electron chi connectivity index (χ2n) is 7.79. The van der Waals surface area contributed by atoms with Gasteiger partial charge in [0.05, 0.1) is 6.04 Å². The van der Waals surface area contributed by atoms with Crippen LogP contribution in [0.3, 0.4) is 0 Å². The first-order valence-corrected chi connectivity index (χ1v) is 9.07. The van der Waals surface area contributed by atoms with E-state index in [0.717, 1.165) is 25.3 Å². The number of amides is 1. The third-order valence-corrected chi connectivity index (χ3v) is 4.41. The first kappa shape index (κ1) is 18.4. The van der Waals surface area contributed by atoms with Gasteiger partial charge in [0.1, 0.15) is 5.60 Å². The number of carbonyl (C=O) groups excluding carboxylic acids is 1. The highest BCUT2D eigenvalue weighted by molar-refractivity contribution is 5.68. The fourth-order valence-corrected chi connectivity index (χ4v) is 3.36. The number of likely N-dealkylation sites (tertiary alicyclic amines) is 1. The molecular formula is C21H27N3O2. The van der Waals surface area contributed by atoms with E-state index in [2.05, 4.69) is 39.5 Å². The van der Waals surface area contributed by atoms with Gasteiger partial charge < -0.3 is 10.1 Å². The molecule has 1 N–H and O–H groups in total. The van der Waals surface area contributed by atoms with Crippen LogP contribution in [0.4, 0.5) is 4.79 Å². The Kier molecular flexibility index (Phi) is 5.57. The van der Waals surface area contributed by atoms with Gasteiger partial charge in [0.15, 0.2) is 0 Å². The summed E-state index contributed by atoms with van der Waals surface area (Å²) in [6.07, 6.45) is 1.43. The Bertz CT molecular complexity index is 713. The number of carbonyl (C=O) groups is 1. The van der Waals surface area contributed by atoms with Gasteiger partial charge in [-0.3, -0.25) is 9.88 Å². The maximum absolute atomic E-state index is 12.3. The lowest BCUT2D eigenvalue weighted by Gasteiger charge is -2.24. The average Bonchev–Trinajstić information content (AvgIpc) is 2.97. The van der Waals surface area contributed by atoms with Crippen LogP contribution >= 0.6 is 0 Å². The van der Waals surface area contributed by atoms with Crippen LogP contribution < -0.4 is 5.32 Å². The molecule has 1 aliphatic rings. The van der Waals surface area contributed by atoms with Crippen molar-refractivity contribution in [3.05, 3.63) is 66.0 Å². The summed E-state index contributed by atoms with van der Waals surface area (Å²) in [5.41, 5.74) is 1.77. The first-order chi connectivity index (χ1) is 12.4. The molecule has 1 aromatic heterocycles. The fourth-order valence-electron chi connectivity index (χ4n) is 3.36. The SMILES string of the molecule is CC(C)(C)OC(=O)N[C@H]1CN(Cc2ccccc2)C[C@@H]1c1ccccn1. The van der Waals surface area contributed by atoms with E-state index >= 15 is 0 Å². The molecule has 0 unspecified atom stereocenters. The van der Waals surface area contributed by atoms with E-state index < -0.39 is 5.60 Å². The lowest BCUT2D eigenvalue weighted by Crippen LogP contribution is -2.42. The molecule has 1 fully saturated rings. The summed E-state index contributed by atoms with van der Waals surface area (Å²) >= 11 is 0. The zero-order chi connectivity index (χ0) is 18.6. The van der Waals surface area contributed by atoms with Crippen LogP contribution in [-0.4, -0.2) is 40.7 Å². The van der Waals surface area contributed by atoms with Gasteiger partial charge in [0.2, 0.25) is 0 Å². The number of alkyl carbamates (subject to hydrolysis) is 1. The van der Waals surface area contributed by atoms with Gasteiger partial charge in [0.25, 0.3) is 0 Å². The molecule has 1 aliphatic heterocycles. The molecule has 5 heteroatoms. The van der Waals surface area contributed by atoms with Gasteiger partial charge in [-0.25, -0.2) is 4.79 Å². The molecule has 0 spiro atoms. The van der Waals surface area contributed by atoms with Crippen molar-refractivity contribution >= 4 is 6.09 Å². The summed E-state index contributed by atoms with van der Waals surface area (Å²) < 4.78 is 5.45. The number of nitrogens with one attached hydrogen (secondary N) is 1. The fraction of sp³-hybridized carbons (Fsp3) is 0.429. The van der Waals surface area contributed by atoms with Gasteiger partial charge in [-0.15, -0.1) is 0 Å². The number of nitrogens with zero attached hydrogens (tertiary/aromatic N) is 2. The number of ether oxygens (including phenoxy) is 1. The third kappa shape index (κ3) is 5.05. The van der Waals surface area contributed by atoms with Gasteiger partial charge in [0, 0.05) is 37.4 Å². The zero-order valence-corrected chi connectivity index (χ0v) is 15.7. The van der Waals surface area contributed by atoms with E-state index in [9.17, 15) is 4.79 Å². The predicted octanol–water partition coefficient (Wildman–Crippen LogP) is 3.57. The number of aromatic nitrogens is 1. The monoisotopic (exact) mass is 353 g/mol. The molecular weight excluding hydrogens is 326 g/mol. The van der Waals surface area contributed by atoms with Crippen molar-refractivity contribution in [3.63, 3.8) is 0 Å². The maximum atomic E-state index is 12.3. The highest BCUT2D eigenvalue weighted by atomic mass is 16.6. The Balaban J connectivity index is 1.72. The van der Waals surface area contributed by atoms with Crippen molar-refractivity contribution < 1.29 is 9.53 Å². The molecule has 5 nitrogen and oxygen atoms in total.